The zero-order valence-corrected chi connectivity index (χ0v) is 81.8. The Kier molecular flexibility index (Phi) is 20.7. The Hall–Kier alpha value is -19.6. The maximum Gasteiger partial charge on any atom is 0.227 e. The van der Waals surface area contributed by atoms with Crippen molar-refractivity contribution in [3.8, 4) is 39.6 Å². The molecule has 0 amide bonds. The van der Waals surface area contributed by atoms with Gasteiger partial charge in [-0.1, -0.05) is 291 Å². The number of anilines is 6. The third-order valence-electron chi connectivity index (χ3n) is 29.2. The van der Waals surface area contributed by atoms with E-state index in [1.165, 1.54) is 149 Å². The molecule has 19 aromatic carbocycles. The fourth-order valence-corrected chi connectivity index (χ4v) is 24.9. The summed E-state index contributed by atoms with van der Waals surface area (Å²) in [7, 11) is 0. The van der Waals surface area contributed by atoms with E-state index in [4.69, 9.17) is 23.8 Å². The summed E-state index contributed by atoms with van der Waals surface area (Å²) in [5, 5.41) is 21.4. The monoisotopic (exact) mass is 1940 g/mol. The quantitative estimate of drug-likeness (QED) is 0.119. The lowest BCUT2D eigenvalue weighted by molar-refractivity contribution is 0.654. The third kappa shape index (κ3) is 14.4. The molecule has 13 aromatic heterocycles. The highest BCUT2D eigenvalue weighted by atomic mass is 32.1. The Morgan fingerprint density at radius 2 is 0.483 bits per heavy atom. The summed E-state index contributed by atoms with van der Waals surface area (Å²) in [5.41, 5.74) is 29.4. The first-order valence-corrected chi connectivity index (χ1v) is 51.6. The normalized spacial score (nSPS) is 11.8. The minimum absolute atomic E-state index is 0.647. The van der Waals surface area contributed by atoms with Gasteiger partial charge in [-0.25, -0.2) is 4.98 Å². The van der Waals surface area contributed by atoms with Gasteiger partial charge in [-0.3, -0.25) is 15.0 Å². The van der Waals surface area contributed by atoms with E-state index in [0.29, 0.717) is 5.71 Å². The molecule has 0 atom stereocenters. The van der Waals surface area contributed by atoms with Gasteiger partial charge in [-0.2, -0.15) is 0 Å². The Morgan fingerprint density at radius 3 is 0.866 bits per heavy atom. The lowest BCUT2D eigenvalue weighted by Crippen LogP contribution is -2.10. The minimum atomic E-state index is 0.647. The number of aromatic nitrogens is 9. The van der Waals surface area contributed by atoms with Gasteiger partial charge in [0.15, 0.2) is 5.58 Å². The zero-order chi connectivity index (χ0) is 98.1. The molecule has 0 aliphatic carbocycles. The van der Waals surface area contributed by atoms with Crippen LogP contribution in [0, 0.1) is 0 Å². The molecule has 0 fully saturated rings. The van der Waals surface area contributed by atoms with E-state index in [9.17, 15) is 0 Å². The predicted octanol–water partition coefficient (Wildman–Crippen LogP) is 37.0. The molecule has 0 aliphatic rings. The van der Waals surface area contributed by atoms with Gasteiger partial charge in [-0.05, 0) is 193 Å². The third-order valence-corrected chi connectivity index (χ3v) is 31.6. The average molecular weight is 1950 g/mol. The van der Waals surface area contributed by atoms with E-state index in [0.717, 1.165) is 112 Å². The Labute approximate surface area is 861 Å². The van der Waals surface area contributed by atoms with Crippen molar-refractivity contribution in [3.63, 3.8) is 0 Å². The van der Waals surface area contributed by atoms with Crippen LogP contribution < -0.4 is 9.80 Å². The molecule has 0 N–H and O–H groups in total. The number of benzene rings is 19. The Balaban J connectivity index is 0.0000000937. The van der Waals surface area contributed by atoms with Gasteiger partial charge >= 0.3 is 0 Å². The van der Waals surface area contributed by atoms with Crippen LogP contribution in [-0.4, -0.2) is 42.8 Å². The molecular formula is C134H85N11O2S2. The van der Waals surface area contributed by atoms with Gasteiger partial charge in [0.05, 0.1) is 112 Å². The molecule has 13 nitrogen and oxygen atoms in total. The van der Waals surface area contributed by atoms with Crippen LogP contribution in [0.5, 0.6) is 0 Å². The summed E-state index contributed by atoms with van der Waals surface area (Å²) in [4.78, 5) is 23.5. The van der Waals surface area contributed by atoms with Crippen LogP contribution in [0.1, 0.15) is 0 Å². The molecular weight excluding hydrogens is 1860 g/mol. The summed E-state index contributed by atoms with van der Waals surface area (Å²) in [6.07, 6.45) is 13.7. The highest BCUT2D eigenvalue weighted by Gasteiger charge is 2.27. The fraction of sp³-hybridized carbons (Fsp3) is 0. The minimum Gasteiger partial charge on any atom is -0.454 e. The van der Waals surface area contributed by atoms with Crippen LogP contribution in [-0.2, 0) is 0 Å². The molecule has 700 valence electrons. The second kappa shape index (κ2) is 35.8. The Bertz CT molecular complexity index is 10200. The first-order chi connectivity index (χ1) is 74.0. The number of furan rings is 2. The highest BCUT2D eigenvalue weighted by Crippen LogP contribution is 2.50. The summed E-state index contributed by atoms with van der Waals surface area (Å²) in [5.74, 6) is 0. The predicted molar refractivity (Wildman–Crippen MR) is 624 cm³/mol. The molecule has 32 aromatic rings. The van der Waals surface area contributed by atoms with E-state index in [-0.39, 0.29) is 0 Å². The molecule has 15 heteroatoms. The van der Waals surface area contributed by atoms with Crippen LogP contribution in [0.3, 0.4) is 0 Å². The number of thiophene rings is 2. The molecule has 0 bridgehead atoms. The molecule has 13 heterocycles. The topological polar surface area (TPSA) is 109 Å². The van der Waals surface area contributed by atoms with E-state index >= 15 is 0 Å². The van der Waals surface area contributed by atoms with Gasteiger partial charge in [0, 0.05) is 159 Å². The summed E-state index contributed by atoms with van der Waals surface area (Å²) in [6, 6.07) is 167. The van der Waals surface area contributed by atoms with Gasteiger partial charge < -0.3 is 41.5 Å². The number of para-hydroxylation sites is 14. The van der Waals surface area contributed by atoms with Crippen molar-refractivity contribution in [1.29, 1.82) is 0 Å². The molecule has 149 heavy (non-hydrogen) atoms. The first kappa shape index (κ1) is 86.1. The molecule has 0 aliphatic heterocycles. The Morgan fingerprint density at radius 1 is 0.195 bits per heavy atom. The number of pyridine rings is 4. The smallest absolute Gasteiger partial charge is 0.227 e. The average Bonchev–Trinajstić information content (AvgIpc) is 1.57. The lowest BCUT2D eigenvalue weighted by Gasteiger charge is -2.25. The van der Waals surface area contributed by atoms with Gasteiger partial charge in [0.1, 0.15) is 16.9 Å². The summed E-state index contributed by atoms with van der Waals surface area (Å²) in [6.45, 7) is 0. The van der Waals surface area contributed by atoms with Crippen molar-refractivity contribution in [2.45, 2.75) is 0 Å². The number of hydrogen-bond acceptors (Lipinski definition) is 10. The number of hydrogen-bond donors (Lipinski definition) is 0. The second-order valence-corrected chi connectivity index (χ2v) is 39.6. The zero-order valence-electron chi connectivity index (χ0n) is 80.1. The maximum atomic E-state index is 6.58. The largest absolute Gasteiger partial charge is 0.454 e. The van der Waals surface area contributed by atoms with Crippen LogP contribution in [0.15, 0.2) is 525 Å². The van der Waals surface area contributed by atoms with E-state index in [1.54, 1.807) is 0 Å². The van der Waals surface area contributed by atoms with Crippen LogP contribution in [0.2, 0.25) is 0 Å². The first-order valence-electron chi connectivity index (χ1n) is 50.0. The van der Waals surface area contributed by atoms with Crippen LogP contribution >= 0.6 is 22.7 Å². The fourth-order valence-electron chi connectivity index (χ4n) is 22.6. The van der Waals surface area contributed by atoms with Gasteiger partial charge in [0.25, 0.3) is 0 Å². The van der Waals surface area contributed by atoms with Crippen molar-refractivity contribution >= 4 is 250 Å². The number of rotatable bonds is 12. The van der Waals surface area contributed by atoms with Gasteiger partial charge in [-0.15, -0.1) is 22.7 Å². The molecule has 0 saturated heterocycles. The standard InChI is InChI=1S/2C35H21N3O.C35H23N3S.C29H20N2S/c1-5-13-30-24(9-1)25-10-2-6-14-31(25)37(30)22-17-18-34-28(19-22)29-20-23(21-36-35(29)39-34)38-32-15-7-3-11-26(32)27-12-4-8-16-33(27)38;1-5-13-29-23(9-1)24-10-2-6-14-30(24)37(29)22-17-18-34-27(19-22)28-20-36-21-33(35(28)39-34)38-31-15-7-3-11-25(31)26-12-4-8-16-32(26)38;1-3-11-24(12-4-1)37(25-13-5-2-6-14-25)33-23-36-22-30-29-21-26(19-20-34(29)39-35(30)33)38-31-17-9-7-15-27(31)28-16-8-10-18-32(28)38;1-4-10-21(11-5-1)22-16-17-28-25(18-22)26-19-30-20-27(29(26)32-28)31(23-12-6-2-7-13-23)24-14-8-3-9-15-24/h2*1-21H;1-23H;1-20H. The number of nitrogens with zero attached hydrogens (tertiary/aromatic N) is 11. The second-order valence-electron chi connectivity index (χ2n) is 37.5. The van der Waals surface area contributed by atoms with Crippen molar-refractivity contribution in [2.75, 3.05) is 9.80 Å². The highest BCUT2D eigenvalue weighted by molar-refractivity contribution is 7.27. The van der Waals surface area contributed by atoms with E-state index in [1.807, 2.05) is 66.1 Å². The number of fused-ring (bicyclic) bond motifs is 27. The van der Waals surface area contributed by atoms with E-state index < -0.39 is 0 Å². The van der Waals surface area contributed by atoms with Crippen molar-refractivity contribution in [1.82, 2.24) is 42.8 Å². The SMILES string of the molecule is c1ccc(-c2ccc3sc4c(N(c5ccccc5)c5ccccc5)cncc4c3c2)cc1.c1ccc(N(c2ccccc2)c2cncc3c2sc2ccc(-n4c5ccccc5c5ccccc54)cc23)cc1.c1ccc2c(c1)c1ccccc1n2-c1ccc2oc3c(-n4c5ccccc5c5ccccc54)cncc3c2c1.c1ccc2c(c1)c1ccccc1n2-c1ccc2oc3ncc(-n4c5ccccc5c5ccccc54)cc3c2c1. The van der Waals surface area contributed by atoms with E-state index in [2.05, 4.69) is 511 Å². The van der Waals surface area contributed by atoms with Crippen molar-refractivity contribution < 1.29 is 8.83 Å². The lowest BCUT2D eigenvalue weighted by atomic mass is 10.0. The van der Waals surface area contributed by atoms with Crippen LogP contribution in [0.4, 0.5) is 34.1 Å². The molecule has 0 saturated carbocycles. The van der Waals surface area contributed by atoms with Crippen molar-refractivity contribution in [2.24, 2.45) is 0 Å². The van der Waals surface area contributed by atoms with Gasteiger partial charge in [0.2, 0.25) is 5.71 Å². The van der Waals surface area contributed by atoms with Crippen LogP contribution in [0.25, 0.3) is 233 Å². The van der Waals surface area contributed by atoms with Crippen molar-refractivity contribution in [3.05, 3.63) is 517 Å². The maximum absolute atomic E-state index is 6.58. The summed E-state index contributed by atoms with van der Waals surface area (Å²) < 4.78 is 29.4. The molecule has 0 unspecified atom stereocenters. The molecule has 0 radical (unpaired) electrons. The molecule has 32 rings (SSSR count). The summed E-state index contributed by atoms with van der Waals surface area (Å²) >= 11 is 3.66. The molecule has 0 spiro atoms.